The van der Waals surface area contributed by atoms with Crippen LogP contribution in [0.4, 0.5) is 22.7 Å². The van der Waals surface area contributed by atoms with E-state index in [-0.39, 0.29) is 22.9 Å². The second kappa shape index (κ2) is 6.75. The molecule has 12 heteroatoms. The lowest BCUT2D eigenvalue weighted by Crippen LogP contribution is -1.97. The molecule has 0 amide bonds. The van der Waals surface area contributed by atoms with Crippen LogP contribution in [-0.2, 0) is 4.57 Å². The van der Waals surface area contributed by atoms with Gasteiger partial charge in [0, 0.05) is 4.57 Å². The molecule has 0 radical (unpaired) electrons. The van der Waals surface area contributed by atoms with Crippen molar-refractivity contribution in [2.75, 3.05) is 11.5 Å². The minimum absolute atomic E-state index is 0.0855. The van der Waals surface area contributed by atoms with Gasteiger partial charge < -0.3 is 11.5 Å². The zero-order valence-electron chi connectivity index (χ0n) is 11.8. The highest BCUT2D eigenvalue weighted by molar-refractivity contribution is 7.34. The van der Waals surface area contributed by atoms with Crippen LogP contribution >= 0.6 is 8.25 Å². The summed E-state index contributed by atoms with van der Waals surface area (Å²) in [5.74, 6) is -0.219. The summed E-state index contributed by atoms with van der Waals surface area (Å²) in [6.45, 7) is 0. The van der Waals surface area contributed by atoms with E-state index in [1.54, 1.807) is 0 Å². The van der Waals surface area contributed by atoms with Crippen LogP contribution in [0.25, 0.3) is 0 Å². The normalized spacial score (nSPS) is 10.0. The SMILES string of the molecule is Nc1ccc(O[P+](=O)Oc2ccc(N)c([N+](=O)[O-])c2)cc1[N+](=O)[O-]. The zero-order valence-corrected chi connectivity index (χ0v) is 12.7. The number of nitrogens with zero attached hydrogens (tertiary/aromatic N) is 2. The van der Waals surface area contributed by atoms with Crippen molar-refractivity contribution in [2.45, 2.75) is 0 Å². The van der Waals surface area contributed by atoms with E-state index in [0.29, 0.717) is 0 Å². The lowest BCUT2D eigenvalue weighted by atomic mass is 10.2. The topological polar surface area (TPSA) is 174 Å². The number of nitro groups is 2. The fourth-order valence-electron chi connectivity index (χ4n) is 1.67. The van der Waals surface area contributed by atoms with E-state index in [9.17, 15) is 24.8 Å². The summed E-state index contributed by atoms with van der Waals surface area (Å²) < 4.78 is 21.7. The van der Waals surface area contributed by atoms with Crippen LogP contribution in [0.5, 0.6) is 11.5 Å². The first-order valence-electron chi connectivity index (χ1n) is 6.19. The molecule has 0 aliphatic heterocycles. The van der Waals surface area contributed by atoms with E-state index in [1.807, 2.05) is 0 Å². The van der Waals surface area contributed by atoms with Gasteiger partial charge in [0.2, 0.25) is 0 Å². The zero-order chi connectivity index (χ0) is 17.9. The molecular weight excluding hydrogens is 343 g/mol. The predicted octanol–water partition coefficient (Wildman–Crippen LogP) is 2.78. The van der Waals surface area contributed by atoms with Gasteiger partial charge in [-0.15, -0.1) is 0 Å². The molecule has 124 valence electrons. The van der Waals surface area contributed by atoms with Crippen LogP contribution in [0.2, 0.25) is 0 Å². The number of hydrogen-bond donors (Lipinski definition) is 2. The number of rotatable bonds is 6. The first-order valence-corrected chi connectivity index (χ1v) is 7.28. The summed E-state index contributed by atoms with van der Waals surface area (Å²) >= 11 is 0. The monoisotopic (exact) mass is 353 g/mol. The van der Waals surface area contributed by atoms with Crippen molar-refractivity contribution in [3.8, 4) is 11.5 Å². The van der Waals surface area contributed by atoms with Crippen LogP contribution in [-0.4, -0.2) is 9.85 Å². The number of nitrogen functional groups attached to an aromatic ring is 2. The highest BCUT2D eigenvalue weighted by Crippen LogP contribution is 2.36. The Morgan fingerprint density at radius 3 is 1.54 bits per heavy atom. The Balaban J connectivity index is 2.14. The lowest BCUT2D eigenvalue weighted by molar-refractivity contribution is -0.384. The van der Waals surface area contributed by atoms with Crippen LogP contribution in [0.1, 0.15) is 0 Å². The van der Waals surface area contributed by atoms with Gasteiger partial charge in [0.15, 0.2) is 11.5 Å². The highest BCUT2D eigenvalue weighted by atomic mass is 31.1. The van der Waals surface area contributed by atoms with Crippen molar-refractivity contribution in [3.05, 3.63) is 56.6 Å². The van der Waals surface area contributed by atoms with Crippen LogP contribution in [0.3, 0.4) is 0 Å². The molecule has 0 bridgehead atoms. The van der Waals surface area contributed by atoms with Gasteiger partial charge in [-0.25, -0.2) is 9.05 Å². The second-order valence-electron chi connectivity index (χ2n) is 4.36. The largest absolute Gasteiger partial charge is 0.805 e. The van der Waals surface area contributed by atoms with Crippen LogP contribution in [0.15, 0.2) is 36.4 Å². The average Bonchev–Trinajstić information content (AvgIpc) is 2.50. The Labute approximate surface area is 135 Å². The van der Waals surface area contributed by atoms with Gasteiger partial charge in [-0.05, 0) is 24.3 Å². The van der Waals surface area contributed by atoms with Gasteiger partial charge in [-0.3, -0.25) is 20.2 Å². The molecule has 4 N–H and O–H groups in total. The van der Waals surface area contributed by atoms with Gasteiger partial charge in [-0.1, -0.05) is 0 Å². The number of benzene rings is 2. The summed E-state index contributed by atoms with van der Waals surface area (Å²) in [5.41, 5.74) is 9.85. The summed E-state index contributed by atoms with van der Waals surface area (Å²) in [6, 6.07) is 6.93. The summed E-state index contributed by atoms with van der Waals surface area (Å²) in [5, 5.41) is 21.5. The van der Waals surface area contributed by atoms with Crippen molar-refractivity contribution in [2.24, 2.45) is 0 Å². The molecule has 0 aliphatic rings. The van der Waals surface area contributed by atoms with Gasteiger partial charge in [-0.2, -0.15) is 0 Å². The number of nitrogens with two attached hydrogens (primary N) is 2. The third-order valence-electron chi connectivity index (χ3n) is 2.76. The maximum Gasteiger partial charge on any atom is 0.805 e. The number of nitro benzene ring substituents is 2. The number of anilines is 2. The maximum atomic E-state index is 11.8. The summed E-state index contributed by atoms with van der Waals surface area (Å²) in [7, 11) is -2.79. The fourth-order valence-corrected chi connectivity index (χ4v) is 2.28. The molecule has 0 aliphatic carbocycles. The van der Waals surface area contributed by atoms with Gasteiger partial charge in [0.05, 0.1) is 22.0 Å². The summed E-state index contributed by atoms with van der Waals surface area (Å²) in [6.07, 6.45) is 0. The Morgan fingerprint density at radius 2 is 1.21 bits per heavy atom. The smallest absolute Gasteiger partial charge is 0.393 e. The van der Waals surface area contributed by atoms with Crippen molar-refractivity contribution in [1.29, 1.82) is 0 Å². The van der Waals surface area contributed by atoms with Gasteiger partial charge in [0.1, 0.15) is 11.4 Å². The molecule has 0 aromatic heterocycles. The summed E-state index contributed by atoms with van der Waals surface area (Å²) in [4.78, 5) is 20.1. The molecule has 0 heterocycles. The second-order valence-corrected chi connectivity index (χ2v) is 5.17. The van der Waals surface area contributed by atoms with Gasteiger partial charge in [0.25, 0.3) is 11.4 Å². The van der Waals surface area contributed by atoms with Crippen molar-refractivity contribution in [1.82, 2.24) is 0 Å². The third kappa shape index (κ3) is 3.84. The number of hydrogen-bond acceptors (Lipinski definition) is 9. The maximum absolute atomic E-state index is 11.8. The molecule has 0 atom stereocenters. The molecule has 0 saturated heterocycles. The average molecular weight is 353 g/mol. The van der Waals surface area contributed by atoms with Crippen molar-refractivity contribution in [3.63, 3.8) is 0 Å². The third-order valence-corrected chi connectivity index (χ3v) is 3.48. The van der Waals surface area contributed by atoms with Gasteiger partial charge >= 0.3 is 8.25 Å². The van der Waals surface area contributed by atoms with Crippen molar-refractivity contribution >= 4 is 31.0 Å². The fraction of sp³-hybridized carbons (Fsp3) is 0. The minimum Gasteiger partial charge on any atom is -0.393 e. The Morgan fingerprint density at radius 1 is 0.833 bits per heavy atom. The molecule has 2 rings (SSSR count). The molecule has 0 saturated carbocycles. The molecule has 2 aromatic rings. The Kier molecular flexibility index (Phi) is 4.76. The van der Waals surface area contributed by atoms with Crippen LogP contribution in [0, 0.1) is 20.2 Å². The van der Waals surface area contributed by atoms with Crippen molar-refractivity contribution < 1.29 is 23.5 Å². The molecule has 0 fully saturated rings. The molecule has 0 unspecified atom stereocenters. The van der Waals surface area contributed by atoms with E-state index >= 15 is 0 Å². The molecule has 0 spiro atoms. The van der Waals surface area contributed by atoms with E-state index in [0.717, 1.165) is 12.1 Å². The molecule has 11 nitrogen and oxygen atoms in total. The first kappa shape index (κ1) is 16.9. The van der Waals surface area contributed by atoms with E-state index in [2.05, 4.69) is 0 Å². The minimum atomic E-state index is -2.79. The standard InChI is InChI=1S/C12H10N4O7P/c13-9-3-1-7(5-11(9)15(17)18)22-24(21)23-8-2-4-10(14)12(6-8)16(19)20/h1-6H,13-14H2/q+1. The highest BCUT2D eigenvalue weighted by Gasteiger charge is 2.27. The molecule has 2 aromatic carbocycles. The quantitative estimate of drug-likeness (QED) is 0.342. The van der Waals surface area contributed by atoms with Crippen LogP contribution < -0.4 is 20.5 Å². The predicted molar refractivity (Wildman–Crippen MR) is 83.9 cm³/mol. The Hall–Kier alpha value is -3.46. The first-order chi connectivity index (χ1) is 11.3. The molecular formula is C12H10N4O7P+. The molecule has 24 heavy (non-hydrogen) atoms. The lowest BCUT2D eigenvalue weighted by Gasteiger charge is -1.99. The Bertz CT molecular complexity index is 775. The van der Waals surface area contributed by atoms with E-state index < -0.39 is 29.5 Å². The van der Waals surface area contributed by atoms with E-state index in [1.165, 1.54) is 24.3 Å². The van der Waals surface area contributed by atoms with E-state index in [4.69, 9.17) is 20.5 Å².